The van der Waals surface area contributed by atoms with E-state index in [1.165, 1.54) is 16.7 Å². The molecule has 1 aliphatic heterocycles. The van der Waals surface area contributed by atoms with Crippen molar-refractivity contribution in [3.05, 3.63) is 71.3 Å². The van der Waals surface area contributed by atoms with Crippen LogP contribution in [0.5, 0.6) is 0 Å². The van der Waals surface area contributed by atoms with Gasteiger partial charge in [-0.15, -0.1) is 24.0 Å². The number of rotatable bonds is 6. The van der Waals surface area contributed by atoms with Crippen LogP contribution in [0.15, 0.2) is 59.6 Å². The minimum Gasteiger partial charge on any atom is -0.356 e. The lowest BCUT2D eigenvalue weighted by Gasteiger charge is -2.29. The van der Waals surface area contributed by atoms with Crippen LogP contribution in [0.25, 0.3) is 0 Å². The van der Waals surface area contributed by atoms with Gasteiger partial charge in [0, 0.05) is 40.2 Å². The van der Waals surface area contributed by atoms with Crippen molar-refractivity contribution < 1.29 is 4.79 Å². The van der Waals surface area contributed by atoms with Gasteiger partial charge in [-0.1, -0.05) is 54.6 Å². The molecule has 0 bridgehead atoms. The molecule has 2 aromatic rings. The van der Waals surface area contributed by atoms with E-state index in [1.54, 1.807) is 0 Å². The first-order valence-electron chi connectivity index (χ1n) is 9.97. The van der Waals surface area contributed by atoms with Crippen molar-refractivity contribution in [2.75, 3.05) is 27.2 Å². The maximum Gasteiger partial charge on any atom is 0.222 e. The first-order valence-corrected chi connectivity index (χ1v) is 9.97. The Morgan fingerprint density at radius 1 is 1.07 bits per heavy atom. The first-order chi connectivity index (χ1) is 13.6. The lowest BCUT2D eigenvalue weighted by Crippen LogP contribution is -2.38. The molecule has 1 N–H and O–H groups in total. The molecule has 0 aromatic heterocycles. The van der Waals surface area contributed by atoms with Gasteiger partial charge in [-0.2, -0.15) is 0 Å². The van der Waals surface area contributed by atoms with Crippen LogP contribution < -0.4 is 5.32 Å². The van der Waals surface area contributed by atoms with Gasteiger partial charge < -0.3 is 15.1 Å². The Bertz CT molecular complexity index is 808. The highest BCUT2D eigenvalue weighted by molar-refractivity contribution is 14.0. The molecule has 3 rings (SSSR count). The molecular formula is C23H31IN4O. The van der Waals surface area contributed by atoms with Crippen molar-refractivity contribution in [1.29, 1.82) is 0 Å². The number of halogens is 1. The number of benzene rings is 2. The van der Waals surface area contributed by atoms with Gasteiger partial charge in [0.15, 0.2) is 5.96 Å². The number of carbonyl (C=O) groups is 1. The van der Waals surface area contributed by atoms with E-state index in [0.717, 1.165) is 38.4 Å². The predicted octanol–water partition coefficient (Wildman–Crippen LogP) is 3.68. The SMILES string of the molecule is CN(C)C(=NCc1ccccc1)NCCCC(=O)N1CCc2ccccc2C1.I. The molecule has 0 radical (unpaired) electrons. The van der Waals surface area contributed by atoms with E-state index in [0.29, 0.717) is 13.0 Å². The highest BCUT2D eigenvalue weighted by Gasteiger charge is 2.19. The lowest BCUT2D eigenvalue weighted by molar-refractivity contribution is -0.132. The molecule has 0 spiro atoms. The molecule has 0 unspecified atom stereocenters. The number of carbonyl (C=O) groups excluding carboxylic acids is 1. The molecule has 29 heavy (non-hydrogen) atoms. The van der Waals surface area contributed by atoms with Gasteiger partial charge in [0.1, 0.15) is 0 Å². The van der Waals surface area contributed by atoms with Crippen molar-refractivity contribution in [3.63, 3.8) is 0 Å². The molecule has 0 fully saturated rings. The molecule has 1 heterocycles. The summed E-state index contributed by atoms with van der Waals surface area (Å²) in [6.07, 6.45) is 2.32. The van der Waals surface area contributed by atoms with Crippen molar-refractivity contribution in [3.8, 4) is 0 Å². The van der Waals surface area contributed by atoms with Crippen LogP contribution in [0.4, 0.5) is 0 Å². The van der Waals surface area contributed by atoms with Gasteiger partial charge in [-0.3, -0.25) is 4.79 Å². The third-order valence-corrected chi connectivity index (χ3v) is 5.01. The molecule has 5 nitrogen and oxygen atoms in total. The summed E-state index contributed by atoms with van der Waals surface area (Å²) in [5, 5.41) is 3.37. The normalized spacial score (nSPS) is 13.3. The quantitative estimate of drug-likeness (QED) is 0.282. The number of amides is 1. The zero-order valence-corrected chi connectivity index (χ0v) is 19.6. The third-order valence-electron chi connectivity index (χ3n) is 5.01. The number of guanidine groups is 1. The summed E-state index contributed by atoms with van der Waals surface area (Å²) in [6.45, 7) is 2.95. The minimum absolute atomic E-state index is 0. The topological polar surface area (TPSA) is 47.9 Å². The summed E-state index contributed by atoms with van der Waals surface area (Å²) < 4.78 is 0. The van der Waals surface area contributed by atoms with Crippen molar-refractivity contribution in [1.82, 2.24) is 15.1 Å². The van der Waals surface area contributed by atoms with Gasteiger partial charge in [0.05, 0.1) is 6.54 Å². The van der Waals surface area contributed by atoms with Crippen LogP contribution in [-0.2, 0) is 24.3 Å². The van der Waals surface area contributed by atoms with Crippen LogP contribution in [0.3, 0.4) is 0 Å². The number of hydrogen-bond acceptors (Lipinski definition) is 2. The second kappa shape index (κ2) is 11.8. The Hall–Kier alpha value is -2.09. The molecular weight excluding hydrogens is 475 g/mol. The van der Waals surface area contributed by atoms with Crippen LogP contribution in [-0.4, -0.2) is 48.9 Å². The monoisotopic (exact) mass is 506 g/mol. The first kappa shape index (κ1) is 23.2. The summed E-state index contributed by atoms with van der Waals surface area (Å²) in [6, 6.07) is 18.6. The van der Waals surface area contributed by atoms with Crippen LogP contribution in [0, 0.1) is 0 Å². The summed E-state index contributed by atoms with van der Waals surface area (Å²) >= 11 is 0. The van der Waals surface area contributed by atoms with E-state index in [2.05, 4.69) is 40.6 Å². The van der Waals surface area contributed by atoms with E-state index in [4.69, 9.17) is 0 Å². The average molecular weight is 506 g/mol. The number of nitrogens with one attached hydrogen (secondary N) is 1. The highest BCUT2D eigenvalue weighted by Crippen LogP contribution is 2.19. The summed E-state index contributed by atoms with van der Waals surface area (Å²) in [7, 11) is 3.96. The Balaban J connectivity index is 0.00000300. The maximum atomic E-state index is 12.6. The van der Waals surface area contributed by atoms with Gasteiger partial charge in [0.25, 0.3) is 0 Å². The molecule has 1 amide bonds. The van der Waals surface area contributed by atoms with Gasteiger partial charge in [0.2, 0.25) is 5.91 Å². The molecule has 2 aromatic carbocycles. The fraction of sp³-hybridized carbons (Fsp3) is 0.391. The van der Waals surface area contributed by atoms with Crippen molar-refractivity contribution in [2.45, 2.75) is 32.4 Å². The molecule has 0 saturated carbocycles. The summed E-state index contributed by atoms with van der Waals surface area (Å²) in [5.74, 6) is 1.09. The standard InChI is InChI=1S/C23H30N4O.HI/c1-26(2)23(25-17-19-9-4-3-5-10-19)24-15-8-13-22(28)27-16-14-20-11-6-7-12-21(20)18-27;/h3-7,9-12H,8,13-18H2,1-2H3,(H,24,25);1H. The van der Waals surface area contributed by atoms with E-state index in [9.17, 15) is 4.79 Å². The molecule has 156 valence electrons. The second-order valence-corrected chi connectivity index (χ2v) is 7.38. The number of nitrogens with zero attached hydrogens (tertiary/aromatic N) is 3. The molecule has 6 heteroatoms. The fourth-order valence-electron chi connectivity index (χ4n) is 3.41. The molecule has 0 aliphatic carbocycles. The summed E-state index contributed by atoms with van der Waals surface area (Å²) in [5.41, 5.74) is 3.84. The zero-order valence-electron chi connectivity index (χ0n) is 17.3. The highest BCUT2D eigenvalue weighted by atomic mass is 127. The Morgan fingerprint density at radius 2 is 1.76 bits per heavy atom. The van der Waals surface area contributed by atoms with Crippen molar-refractivity contribution in [2.24, 2.45) is 4.99 Å². The lowest BCUT2D eigenvalue weighted by atomic mass is 9.99. The second-order valence-electron chi connectivity index (χ2n) is 7.38. The Morgan fingerprint density at radius 3 is 2.48 bits per heavy atom. The van der Waals surface area contributed by atoms with E-state index < -0.39 is 0 Å². The Kier molecular flexibility index (Phi) is 9.44. The minimum atomic E-state index is 0. The van der Waals surface area contributed by atoms with Gasteiger partial charge >= 0.3 is 0 Å². The van der Waals surface area contributed by atoms with Crippen LogP contribution >= 0.6 is 24.0 Å². The van der Waals surface area contributed by atoms with E-state index in [1.807, 2.05) is 48.2 Å². The predicted molar refractivity (Wildman–Crippen MR) is 129 cm³/mol. The number of hydrogen-bond donors (Lipinski definition) is 1. The van der Waals surface area contributed by atoms with Gasteiger partial charge in [-0.05, 0) is 29.5 Å². The number of fused-ring (bicyclic) bond motifs is 1. The summed E-state index contributed by atoms with van der Waals surface area (Å²) in [4.78, 5) is 21.2. The maximum absolute atomic E-state index is 12.6. The fourth-order valence-corrected chi connectivity index (χ4v) is 3.41. The molecule has 0 atom stereocenters. The van der Waals surface area contributed by atoms with Crippen LogP contribution in [0.1, 0.15) is 29.5 Å². The van der Waals surface area contributed by atoms with Crippen LogP contribution in [0.2, 0.25) is 0 Å². The number of aliphatic imine (C=N–C) groups is 1. The smallest absolute Gasteiger partial charge is 0.222 e. The largest absolute Gasteiger partial charge is 0.356 e. The van der Waals surface area contributed by atoms with Crippen molar-refractivity contribution >= 4 is 35.8 Å². The third kappa shape index (κ3) is 7.03. The van der Waals surface area contributed by atoms with E-state index in [-0.39, 0.29) is 29.9 Å². The van der Waals surface area contributed by atoms with E-state index >= 15 is 0 Å². The molecule has 1 aliphatic rings. The zero-order chi connectivity index (χ0) is 19.8. The Labute approximate surface area is 191 Å². The molecule has 0 saturated heterocycles. The van der Waals surface area contributed by atoms with Gasteiger partial charge in [-0.25, -0.2) is 4.99 Å². The average Bonchev–Trinajstić information content (AvgIpc) is 2.73.